The van der Waals surface area contributed by atoms with Crippen LogP contribution in [0.1, 0.15) is 27.8 Å². The van der Waals surface area contributed by atoms with E-state index in [1.54, 1.807) is 0 Å². The fourth-order valence-electron chi connectivity index (χ4n) is 1.39. The van der Waals surface area contributed by atoms with Gasteiger partial charge in [0.25, 0.3) is 5.91 Å². The van der Waals surface area contributed by atoms with Gasteiger partial charge in [-0.1, -0.05) is 0 Å². The largest absolute Gasteiger partial charge is 0.478 e. The lowest BCUT2D eigenvalue weighted by Crippen LogP contribution is -2.39. The fraction of sp³-hybridized carbons (Fsp3) is 0.364. The molecule has 1 N–H and O–H groups in total. The van der Waals surface area contributed by atoms with E-state index in [1.165, 1.54) is 6.92 Å². The van der Waals surface area contributed by atoms with Crippen molar-refractivity contribution in [3.05, 3.63) is 29.6 Å². The Morgan fingerprint density at radius 2 is 2.05 bits per heavy atom. The molecule has 1 heterocycles. The molecule has 0 aromatic carbocycles. The molecular formula is C11H11F3N2O3. The molecule has 1 amide bonds. The zero-order valence-electron chi connectivity index (χ0n) is 9.94. The Labute approximate surface area is 106 Å². The van der Waals surface area contributed by atoms with Crippen molar-refractivity contribution in [2.45, 2.75) is 13.1 Å². The minimum Gasteiger partial charge on any atom is -0.478 e. The quantitative estimate of drug-likeness (QED) is 0.910. The van der Waals surface area contributed by atoms with E-state index in [1.807, 2.05) is 0 Å². The number of hydrogen-bond acceptors (Lipinski definition) is 3. The molecule has 0 radical (unpaired) electrons. The second-order valence-corrected chi connectivity index (χ2v) is 3.67. The SMILES string of the molecule is CCN(CC(F)(F)F)C(=O)c1cc(C(=O)O)ccn1. The first-order valence-corrected chi connectivity index (χ1v) is 5.30. The molecule has 8 heteroatoms. The zero-order chi connectivity index (χ0) is 14.6. The number of pyridine rings is 1. The van der Waals surface area contributed by atoms with Gasteiger partial charge >= 0.3 is 12.1 Å². The van der Waals surface area contributed by atoms with Crippen LogP contribution in [0.15, 0.2) is 18.3 Å². The normalized spacial score (nSPS) is 11.2. The van der Waals surface area contributed by atoms with E-state index in [0.717, 1.165) is 18.3 Å². The number of amides is 1. The number of carboxylic acids is 1. The van der Waals surface area contributed by atoms with Gasteiger partial charge in [0.15, 0.2) is 0 Å². The molecule has 0 aliphatic rings. The second kappa shape index (κ2) is 5.68. The summed E-state index contributed by atoms with van der Waals surface area (Å²) in [5, 5.41) is 8.74. The zero-order valence-corrected chi connectivity index (χ0v) is 9.94. The Morgan fingerprint density at radius 1 is 1.42 bits per heavy atom. The van der Waals surface area contributed by atoms with Crippen LogP contribution in [0.5, 0.6) is 0 Å². The molecule has 0 fully saturated rings. The Kier molecular flexibility index (Phi) is 4.47. The number of aromatic nitrogens is 1. The van der Waals surface area contributed by atoms with E-state index in [-0.39, 0.29) is 17.8 Å². The number of rotatable bonds is 4. The maximum Gasteiger partial charge on any atom is 0.406 e. The van der Waals surface area contributed by atoms with Gasteiger partial charge < -0.3 is 10.0 Å². The van der Waals surface area contributed by atoms with Crippen molar-refractivity contribution in [3.8, 4) is 0 Å². The van der Waals surface area contributed by atoms with Crippen LogP contribution in [0.25, 0.3) is 0 Å². The lowest BCUT2D eigenvalue weighted by atomic mass is 10.2. The van der Waals surface area contributed by atoms with Gasteiger partial charge in [0.2, 0.25) is 0 Å². The summed E-state index contributed by atoms with van der Waals surface area (Å²) in [6.45, 7) is -0.163. The highest BCUT2D eigenvalue weighted by Crippen LogP contribution is 2.17. The predicted octanol–water partition coefficient (Wildman–Crippen LogP) is 1.80. The number of nitrogens with zero attached hydrogens (tertiary/aromatic N) is 2. The minimum atomic E-state index is -4.52. The third-order valence-corrected chi connectivity index (χ3v) is 2.27. The monoisotopic (exact) mass is 276 g/mol. The number of carboxylic acid groups (broad SMARTS) is 1. The Morgan fingerprint density at radius 3 is 2.53 bits per heavy atom. The first-order chi connectivity index (χ1) is 8.74. The summed E-state index contributed by atoms with van der Waals surface area (Å²) in [6.07, 6.45) is -3.45. The summed E-state index contributed by atoms with van der Waals surface area (Å²) >= 11 is 0. The van der Waals surface area contributed by atoms with Gasteiger partial charge in [0.1, 0.15) is 12.2 Å². The number of halogens is 3. The van der Waals surface area contributed by atoms with Crippen LogP contribution < -0.4 is 0 Å². The smallest absolute Gasteiger partial charge is 0.406 e. The van der Waals surface area contributed by atoms with E-state index in [4.69, 9.17) is 5.11 Å². The summed E-state index contributed by atoms with van der Waals surface area (Å²) in [6, 6.07) is 2.10. The Bertz CT molecular complexity index is 488. The van der Waals surface area contributed by atoms with Crippen molar-refractivity contribution in [3.63, 3.8) is 0 Å². The molecule has 1 aromatic rings. The number of aromatic carboxylic acids is 1. The van der Waals surface area contributed by atoms with E-state index < -0.39 is 24.6 Å². The van der Waals surface area contributed by atoms with E-state index >= 15 is 0 Å². The first-order valence-electron chi connectivity index (χ1n) is 5.30. The van der Waals surface area contributed by atoms with Crippen molar-refractivity contribution in [2.75, 3.05) is 13.1 Å². The predicted molar refractivity (Wildman–Crippen MR) is 58.8 cm³/mol. The molecule has 0 saturated carbocycles. The molecule has 19 heavy (non-hydrogen) atoms. The van der Waals surface area contributed by atoms with Gasteiger partial charge in [0, 0.05) is 12.7 Å². The molecule has 1 aromatic heterocycles. The third kappa shape index (κ3) is 4.23. The molecule has 1 rings (SSSR count). The van der Waals surface area contributed by atoms with Gasteiger partial charge in [-0.2, -0.15) is 13.2 Å². The van der Waals surface area contributed by atoms with Gasteiger partial charge in [-0.3, -0.25) is 9.78 Å². The summed E-state index contributed by atoms with van der Waals surface area (Å²) < 4.78 is 36.8. The van der Waals surface area contributed by atoms with Gasteiger partial charge in [-0.15, -0.1) is 0 Å². The molecule has 0 aliphatic carbocycles. The van der Waals surface area contributed by atoms with Crippen LogP contribution >= 0.6 is 0 Å². The summed E-state index contributed by atoms with van der Waals surface area (Å²) in [5.41, 5.74) is -0.535. The van der Waals surface area contributed by atoms with Crippen molar-refractivity contribution in [1.82, 2.24) is 9.88 Å². The molecule has 0 aliphatic heterocycles. The van der Waals surface area contributed by atoms with Crippen LogP contribution in [-0.4, -0.2) is 46.1 Å². The second-order valence-electron chi connectivity index (χ2n) is 3.67. The Hall–Kier alpha value is -2.12. The van der Waals surface area contributed by atoms with Crippen molar-refractivity contribution in [2.24, 2.45) is 0 Å². The molecule has 0 spiro atoms. The first kappa shape index (κ1) is 14.9. The van der Waals surface area contributed by atoms with Crippen LogP contribution in [0.3, 0.4) is 0 Å². The van der Waals surface area contributed by atoms with E-state index in [0.29, 0.717) is 4.90 Å². The standard InChI is InChI=1S/C11H11F3N2O3/c1-2-16(6-11(12,13)14)9(17)8-5-7(10(18)19)3-4-15-8/h3-5H,2,6H2,1H3,(H,18,19). The number of alkyl halides is 3. The number of carbonyl (C=O) groups is 2. The minimum absolute atomic E-state index is 0.155. The van der Waals surface area contributed by atoms with Crippen molar-refractivity contribution >= 4 is 11.9 Å². The molecule has 104 valence electrons. The average molecular weight is 276 g/mol. The molecule has 0 unspecified atom stereocenters. The molecule has 0 atom stereocenters. The average Bonchev–Trinajstić information content (AvgIpc) is 2.34. The molecule has 0 saturated heterocycles. The van der Waals surface area contributed by atoms with E-state index in [2.05, 4.69) is 4.98 Å². The summed E-state index contributed by atoms with van der Waals surface area (Å²) in [5.74, 6) is -2.24. The maximum absolute atomic E-state index is 12.3. The van der Waals surface area contributed by atoms with Crippen LogP contribution in [0.2, 0.25) is 0 Å². The number of carbonyl (C=O) groups excluding carboxylic acids is 1. The Balaban J connectivity index is 2.97. The van der Waals surface area contributed by atoms with Crippen LogP contribution in [0.4, 0.5) is 13.2 Å². The lowest BCUT2D eigenvalue weighted by molar-refractivity contribution is -0.140. The summed E-state index contributed by atoms with van der Waals surface area (Å²) in [4.78, 5) is 26.7. The summed E-state index contributed by atoms with van der Waals surface area (Å²) in [7, 11) is 0. The third-order valence-electron chi connectivity index (χ3n) is 2.27. The van der Waals surface area contributed by atoms with Crippen molar-refractivity contribution < 1.29 is 27.9 Å². The van der Waals surface area contributed by atoms with Crippen molar-refractivity contribution in [1.29, 1.82) is 0 Å². The lowest BCUT2D eigenvalue weighted by Gasteiger charge is -2.21. The van der Waals surface area contributed by atoms with Crippen LogP contribution in [0, 0.1) is 0 Å². The van der Waals surface area contributed by atoms with Gasteiger partial charge in [-0.05, 0) is 19.1 Å². The molecule has 5 nitrogen and oxygen atoms in total. The molecular weight excluding hydrogens is 265 g/mol. The highest BCUT2D eigenvalue weighted by atomic mass is 19.4. The number of hydrogen-bond donors (Lipinski definition) is 1. The highest BCUT2D eigenvalue weighted by molar-refractivity contribution is 5.95. The maximum atomic E-state index is 12.3. The van der Waals surface area contributed by atoms with Crippen LogP contribution in [-0.2, 0) is 0 Å². The highest BCUT2D eigenvalue weighted by Gasteiger charge is 2.33. The van der Waals surface area contributed by atoms with Gasteiger partial charge in [0.05, 0.1) is 5.56 Å². The fourth-order valence-corrected chi connectivity index (χ4v) is 1.39. The topological polar surface area (TPSA) is 70.5 Å². The van der Waals surface area contributed by atoms with Gasteiger partial charge in [-0.25, -0.2) is 4.79 Å². The molecule has 0 bridgehead atoms. The van der Waals surface area contributed by atoms with E-state index in [9.17, 15) is 22.8 Å².